The highest BCUT2D eigenvalue weighted by molar-refractivity contribution is 6.37. The Labute approximate surface area is 177 Å². The van der Waals surface area contributed by atoms with E-state index >= 15 is 0 Å². The minimum Gasteiger partial charge on any atom is -0.486 e. The summed E-state index contributed by atoms with van der Waals surface area (Å²) in [6.07, 6.45) is 0.171. The molecule has 0 heterocycles. The zero-order valence-electron chi connectivity index (χ0n) is 14.9. The Morgan fingerprint density at radius 1 is 1.14 bits per heavy atom. The maximum absolute atomic E-state index is 13.4. The molecule has 0 bridgehead atoms. The number of hydrogen-bond donors (Lipinski definition) is 2. The maximum Gasteiger partial charge on any atom is 0.338 e. The number of halogens is 4. The van der Waals surface area contributed by atoms with Gasteiger partial charge >= 0.3 is 5.97 Å². The number of ether oxygens (including phenoxy) is 1. The third-order valence-electron chi connectivity index (χ3n) is 4.37. The lowest BCUT2D eigenvalue weighted by molar-refractivity contribution is -0.142. The van der Waals surface area contributed by atoms with Crippen LogP contribution in [0.2, 0.25) is 15.1 Å². The predicted molar refractivity (Wildman–Crippen MR) is 110 cm³/mol. The van der Waals surface area contributed by atoms with Crippen molar-refractivity contribution in [3.05, 3.63) is 56.5 Å². The lowest BCUT2D eigenvalue weighted by Crippen LogP contribution is -2.17. The van der Waals surface area contributed by atoms with Gasteiger partial charge in [0, 0.05) is 23.7 Å². The molecule has 0 radical (unpaired) electrons. The Kier molecular flexibility index (Phi) is 6.91. The summed E-state index contributed by atoms with van der Waals surface area (Å²) in [5.41, 5.74) is 2.15. The number of nitrogens with one attached hydrogen (secondary N) is 1. The third-order valence-corrected chi connectivity index (χ3v) is 5.15. The van der Waals surface area contributed by atoms with Gasteiger partial charge in [-0.15, -0.1) is 0 Å². The summed E-state index contributed by atoms with van der Waals surface area (Å²) in [6, 6.07) is 8.52. The van der Waals surface area contributed by atoms with Crippen LogP contribution >= 0.6 is 34.8 Å². The van der Waals surface area contributed by atoms with E-state index in [0.29, 0.717) is 10.6 Å². The molecule has 2 aromatic rings. The third kappa shape index (κ3) is 5.90. The van der Waals surface area contributed by atoms with Crippen molar-refractivity contribution < 1.29 is 19.0 Å². The number of anilines is 1. The van der Waals surface area contributed by atoms with Crippen LogP contribution in [0.25, 0.3) is 0 Å². The van der Waals surface area contributed by atoms with Gasteiger partial charge in [0.05, 0.1) is 10.0 Å². The predicted octanol–water partition coefficient (Wildman–Crippen LogP) is 6.01. The van der Waals surface area contributed by atoms with Crippen molar-refractivity contribution in [1.82, 2.24) is 0 Å². The van der Waals surface area contributed by atoms with Gasteiger partial charge in [-0.05, 0) is 60.2 Å². The molecule has 0 saturated heterocycles. The van der Waals surface area contributed by atoms with Gasteiger partial charge in [-0.25, -0.2) is 9.18 Å². The van der Waals surface area contributed by atoms with Crippen molar-refractivity contribution in [1.29, 1.82) is 0 Å². The van der Waals surface area contributed by atoms with Crippen LogP contribution in [-0.4, -0.2) is 23.8 Å². The average molecular weight is 447 g/mol. The van der Waals surface area contributed by atoms with Crippen molar-refractivity contribution in [2.75, 3.05) is 11.9 Å². The summed E-state index contributed by atoms with van der Waals surface area (Å²) in [4.78, 5) is 10.7. The summed E-state index contributed by atoms with van der Waals surface area (Å²) in [5, 5.41) is 13.0. The quantitative estimate of drug-likeness (QED) is 0.495. The van der Waals surface area contributed by atoms with Crippen LogP contribution in [0.4, 0.5) is 10.1 Å². The number of alkyl halides is 1. The van der Waals surface area contributed by atoms with Gasteiger partial charge in [-0.1, -0.05) is 34.8 Å². The molecule has 1 atom stereocenters. The topological polar surface area (TPSA) is 58.6 Å². The Bertz CT molecular complexity index is 851. The SMILES string of the molecule is O=C(O)C(F)Cc1cc(Cl)c(OCc2cc(Cl)cc(NCC3CC3)c2)c(Cl)c1. The Morgan fingerprint density at radius 3 is 2.43 bits per heavy atom. The summed E-state index contributed by atoms with van der Waals surface area (Å²) >= 11 is 18.6. The summed E-state index contributed by atoms with van der Waals surface area (Å²) in [6.45, 7) is 1.12. The molecule has 0 aliphatic heterocycles. The fraction of sp³-hybridized carbons (Fsp3) is 0.350. The maximum atomic E-state index is 13.4. The van der Waals surface area contributed by atoms with Crippen molar-refractivity contribution in [2.24, 2.45) is 5.92 Å². The Hall–Kier alpha value is -1.69. The van der Waals surface area contributed by atoms with E-state index in [0.717, 1.165) is 23.7 Å². The molecule has 3 rings (SSSR count). The molecule has 0 amide bonds. The first-order valence-electron chi connectivity index (χ1n) is 8.82. The van der Waals surface area contributed by atoms with Gasteiger partial charge in [-0.2, -0.15) is 0 Å². The number of carboxylic acids is 1. The summed E-state index contributed by atoms with van der Waals surface area (Å²) in [7, 11) is 0. The van der Waals surface area contributed by atoms with E-state index in [9.17, 15) is 9.18 Å². The first-order valence-corrected chi connectivity index (χ1v) is 9.96. The van der Waals surface area contributed by atoms with E-state index in [2.05, 4.69) is 5.32 Å². The molecule has 1 unspecified atom stereocenters. The Balaban J connectivity index is 1.67. The molecule has 0 spiro atoms. The summed E-state index contributed by atoms with van der Waals surface area (Å²) < 4.78 is 19.2. The van der Waals surface area contributed by atoms with Crippen molar-refractivity contribution in [2.45, 2.75) is 32.0 Å². The average Bonchev–Trinajstić information content (AvgIpc) is 3.43. The lowest BCUT2D eigenvalue weighted by Gasteiger charge is -2.14. The molecule has 1 aliphatic rings. The van der Waals surface area contributed by atoms with Crippen molar-refractivity contribution in [3.63, 3.8) is 0 Å². The van der Waals surface area contributed by atoms with Gasteiger partial charge in [0.1, 0.15) is 6.61 Å². The normalized spacial score (nSPS) is 14.6. The molecule has 1 saturated carbocycles. The largest absolute Gasteiger partial charge is 0.486 e. The number of carboxylic acid groups (broad SMARTS) is 1. The molecule has 150 valence electrons. The molecular weight excluding hydrogens is 428 g/mol. The van der Waals surface area contributed by atoms with Gasteiger partial charge < -0.3 is 15.2 Å². The first kappa shape index (κ1) is 21.0. The van der Waals surface area contributed by atoms with E-state index in [1.807, 2.05) is 12.1 Å². The smallest absolute Gasteiger partial charge is 0.338 e. The van der Waals surface area contributed by atoms with E-state index in [-0.39, 0.29) is 28.8 Å². The minimum atomic E-state index is -2.02. The second kappa shape index (κ2) is 9.21. The minimum absolute atomic E-state index is 0.189. The fourth-order valence-corrected chi connectivity index (χ4v) is 3.64. The molecule has 0 aromatic heterocycles. The van der Waals surface area contributed by atoms with Crippen molar-refractivity contribution >= 4 is 46.5 Å². The standard InChI is InChI=1S/C20H19Cl3FNO3/c21-14-3-13(4-15(8-14)25-9-11-1-2-11)10-28-19-16(22)5-12(6-17(19)23)7-18(24)20(26)27/h3-6,8,11,18,25H,1-2,7,9-10H2,(H,26,27). The molecular formula is C20H19Cl3FNO3. The molecule has 8 heteroatoms. The molecule has 2 aromatic carbocycles. The van der Waals surface area contributed by atoms with Crippen LogP contribution < -0.4 is 10.1 Å². The first-order chi connectivity index (χ1) is 13.3. The molecule has 4 nitrogen and oxygen atoms in total. The van der Waals surface area contributed by atoms with E-state index in [1.165, 1.54) is 25.0 Å². The second-order valence-electron chi connectivity index (χ2n) is 6.86. The van der Waals surface area contributed by atoms with Crippen molar-refractivity contribution in [3.8, 4) is 5.75 Å². The fourth-order valence-electron chi connectivity index (χ4n) is 2.74. The van der Waals surface area contributed by atoms with Gasteiger partial charge in [0.15, 0.2) is 5.75 Å². The van der Waals surface area contributed by atoms with Crippen LogP contribution in [0.15, 0.2) is 30.3 Å². The molecule has 1 fully saturated rings. The van der Waals surface area contributed by atoms with Gasteiger partial charge in [-0.3, -0.25) is 0 Å². The van der Waals surface area contributed by atoms with Crippen LogP contribution in [0.1, 0.15) is 24.0 Å². The number of benzene rings is 2. The highest BCUT2D eigenvalue weighted by atomic mass is 35.5. The van der Waals surface area contributed by atoms with E-state index in [4.69, 9.17) is 44.6 Å². The highest BCUT2D eigenvalue weighted by Gasteiger charge is 2.21. The number of carbonyl (C=O) groups is 1. The summed E-state index contributed by atoms with van der Waals surface area (Å²) in [5.74, 6) is -0.537. The van der Waals surface area contributed by atoms with Gasteiger partial charge in [0.2, 0.25) is 6.17 Å². The van der Waals surface area contributed by atoms with Crippen LogP contribution in [-0.2, 0) is 17.8 Å². The highest BCUT2D eigenvalue weighted by Crippen LogP contribution is 2.36. The van der Waals surface area contributed by atoms with Crippen LogP contribution in [0.3, 0.4) is 0 Å². The lowest BCUT2D eigenvalue weighted by atomic mass is 10.1. The zero-order valence-corrected chi connectivity index (χ0v) is 17.1. The monoisotopic (exact) mass is 445 g/mol. The number of rotatable bonds is 9. The molecule has 1 aliphatic carbocycles. The number of hydrogen-bond acceptors (Lipinski definition) is 3. The molecule has 28 heavy (non-hydrogen) atoms. The van der Waals surface area contributed by atoms with E-state index in [1.54, 1.807) is 6.07 Å². The number of aliphatic carboxylic acids is 1. The van der Waals surface area contributed by atoms with E-state index < -0.39 is 12.1 Å². The Morgan fingerprint density at radius 2 is 1.82 bits per heavy atom. The van der Waals surface area contributed by atoms with Crippen LogP contribution in [0.5, 0.6) is 5.75 Å². The van der Waals surface area contributed by atoms with Gasteiger partial charge in [0.25, 0.3) is 0 Å². The molecule has 2 N–H and O–H groups in total. The van der Waals surface area contributed by atoms with Crippen LogP contribution in [0, 0.1) is 5.92 Å². The second-order valence-corrected chi connectivity index (χ2v) is 8.11. The zero-order chi connectivity index (χ0) is 20.3.